The smallest absolute Gasteiger partial charge is 0.258 e. The molecule has 0 spiro atoms. The number of nitro groups is 1. The van der Waals surface area contributed by atoms with Gasteiger partial charge in [0.05, 0.1) is 15.3 Å². The van der Waals surface area contributed by atoms with Crippen molar-refractivity contribution in [3.8, 4) is 0 Å². The Kier molecular flexibility index (Phi) is 2.57. The number of halogens is 1. The van der Waals surface area contributed by atoms with Crippen molar-refractivity contribution < 1.29 is 4.92 Å². The fraction of sp³-hybridized carbons (Fsp3) is 0. The number of fused-ring (bicyclic) bond motifs is 2. The summed E-state index contributed by atoms with van der Waals surface area (Å²) in [4.78, 5) is 11.1. The first kappa shape index (κ1) is 13.5. The summed E-state index contributed by atoms with van der Waals surface area (Å²) < 4.78 is 0. The zero-order chi connectivity index (χ0) is 16.4. The molecule has 5 aromatic rings. The van der Waals surface area contributed by atoms with Crippen LogP contribution in [-0.4, -0.2) is 4.92 Å². The van der Waals surface area contributed by atoms with E-state index >= 15 is 0 Å². The Bertz CT molecular complexity index is 1290. The summed E-state index contributed by atoms with van der Waals surface area (Å²) >= 11 is 6.67. The molecule has 0 aliphatic rings. The molecule has 0 fully saturated rings. The number of hydrogen-bond acceptors (Lipinski definition) is 2. The largest absolute Gasteiger partial charge is 0.277 e. The third-order valence-electron chi connectivity index (χ3n) is 4.78. The Morgan fingerprint density at radius 1 is 0.708 bits per heavy atom. The van der Waals surface area contributed by atoms with Crippen molar-refractivity contribution in [3.63, 3.8) is 0 Å². The van der Waals surface area contributed by atoms with Crippen LogP contribution >= 0.6 is 11.6 Å². The van der Waals surface area contributed by atoms with Gasteiger partial charge in [0, 0.05) is 22.2 Å². The summed E-state index contributed by atoms with van der Waals surface area (Å²) in [6.45, 7) is 0. The van der Waals surface area contributed by atoms with E-state index in [1.54, 1.807) is 6.07 Å². The molecule has 0 radical (unpaired) electrons. The maximum absolute atomic E-state index is 11.4. The van der Waals surface area contributed by atoms with E-state index in [1.165, 1.54) is 0 Å². The van der Waals surface area contributed by atoms with Gasteiger partial charge in [-0.15, -0.1) is 0 Å². The average Bonchev–Trinajstić information content (AvgIpc) is 2.61. The minimum absolute atomic E-state index is 0.126. The second-order valence-electron chi connectivity index (χ2n) is 5.95. The van der Waals surface area contributed by atoms with E-state index in [0.29, 0.717) is 10.4 Å². The Labute approximate surface area is 141 Å². The Hall–Kier alpha value is -2.91. The lowest BCUT2D eigenvalue weighted by Gasteiger charge is -2.14. The summed E-state index contributed by atoms with van der Waals surface area (Å²) in [6, 6.07) is 19.2. The molecule has 0 aliphatic heterocycles. The van der Waals surface area contributed by atoms with Gasteiger partial charge in [-0.25, -0.2) is 0 Å². The van der Waals surface area contributed by atoms with Crippen LogP contribution in [0, 0.1) is 10.1 Å². The molecule has 3 nitrogen and oxygen atoms in total. The minimum Gasteiger partial charge on any atom is -0.258 e. The van der Waals surface area contributed by atoms with Crippen molar-refractivity contribution in [2.75, 3.05) is 0 Å². The van der Waals surface area contributed by atoms with E-state index in [2.05, 4.69) is 0 Å². The molecule has 0 heterocycles. The molecular formula is C20H10ClNO2. The number of benzene rings is 5. The van der Waals surface area contributed by atoms with Crippen LogP contribution in [0.3, 0.4) is 0 Å². The van der Waals surface area contributed by atoms with Crippen LogP contribution in [0.5, 0.6) is 0 Å². The van der Waals surface area contributed by atoms with Crippen molar-refractivity contribution >= 4 is 60.4 Å². The molecule has 114 valence electrons. The molecule has 5 aromatic carbocycles. The molecule has 0 N–H and O–H groups in total. The molecule has 4 heteroatoms. The normalized spacial score (nSPS) is 11.9. The predicted molar refractivity (Wildman–Crippen MR) is 99.3 cm³/mol. The zero-order valence-electron chi connectivity index (χ0n) is 12.4. The fourth-order valence-corrected chi connectivity index (χ4v) is 4.08. The first-order chi connectivity index (χ1) is 11.7. The Morgan fingerprint density at radius 3 is 2.17 bits per heavy atom. The average molecular weight is 332 g/mol. The number of nitrogens with zero attached hydrogens (tertiary/aromatic N) is 1. The van der Waals surface area contributed by atoms with Gasteiger partial charge in [-0.05, 0) is 33.7 Å². The standard InChI is InChI=1S/C20H10ClNO2/c21-20-14-4-2-1-3-12(14)13-8-9-15-17(22(23)24)10-6-11-5-7-16(20)19(13)18(11)15/h1-10H. The van der Waals surface area contributed by atoms with Crippen LogP contribution in [0.1, 0.15) is 0 Å². The molecule has 24 heavy (non-hydrogen) atoms. The van der Waals surface area contributed by atoms with Gasteiger partial charge in [-0.3, -0.25) is 10.1 Å². The lowest BCUT2D eigenvalue weighted by Crippen LogP contribution is -1.92. The monoisotopic (exact) mass is 331 g/mol. The second kappa shape index (κ2) is 4.56. The summed E-state index contributed by atoms with van der Waals surface area (Å²) in [5.41, 5.74) is 0.126. The fourth-order valence-electron chi connectivity index (χ4n) is 3.75. The summed E-state index contributed by atoms with van der Waals surface area (Å²) in [5.74, 6) is 0. The second-order valence-corrected chi connectivity index (χ2v) is 6.33. The number of hydrogen-bond donors (Lipinski definition) is 0. The van der Waals surface area contributed by atoms with Gasteiger partial charge in [0.15, 0.2) is 0 Å². The predicted octanol–water partition coefficient (Wildman–Crippen LogP) is 6.30. The molecule has 0 amide bonds. The quantitative estimate of drug-likeness (QED) is 0.156. The van der Waals surface area contributed by atoms with Crippen LogP contribution < -0.4 is 0 Å². The molecule has 0 unspecified atom stereocenters. The van der Waals surface area contributed by atoms with E-state index in [4.69, 9.17) is 11.6 Å². The van der Waals surface area contributed by atoms with Crippen LogP contribution in [0.25, 0.3) is 43.1 Å². The van der Waals surface area contributed by atoms with Crippen LogP contribution in [0.2, 0.25) is 5.02 Å². The third kappa shape index (κ3) is 1.57. The highest BCUT2D eigenvalue weighted by Crippen LogP contribution is 2.44. The van der Waals surface area contributed by atoms with E-state index in [9.17, 15) is 10.1 Å². The third-order valence-corrected chi connectivity index (χ3v) is 5.18. The number of rotatable bonds is 1. The molecule has 0 atom stereocenters. The van der Waals surface area contributed by atoms with Crippen molar-refractivity contribution in [2.45, 2.75) is 0 Å². The maximum Gasteiger partial charge on any atom is 0.277 e. The highest BCUT2D eigenvalue weighted by Gasteiger charge is 2.19. The van der Waals surface area contributed by atoms with Crippen molar-refractivity contribution in [1.29, 1.82) is 0 Å². The van der Waals surface area contributed by atoms with Gasteiger partial charge in [-0.2, -0.15) is 0 Å². The SMILES string of the molecule is O=[N+]([O-])c1ccc2ccc3c(Cl)c4ccccc4c4ccc1c2c34. The van der Waals surface area contributed by atoms with E-state index < -0.39 is 0 Å². The molecule has 0 aromatic heterocycles. The number of non-ortho nitro benzene ring substituents is 1. The van der Waals surface area contributed by atoms with Crippen molar-refractivity contribution in [1.82, 2.24) is 0 Å². The van der Waals surface area contributed by atoms with E-state index in [0.717, 1.165) is 37.7 Å². The lowest BCUT2D eigenvalue weighted by molar-refractivity contribution is -0.383. The van der Waals surface area contributed by atoms with Crippen LogP contribution in [0.15, 0.2) is 60.7 Å². The highest BCUT2D eigenvalue weighted by atomic mass is 35.5. The van der Waals surface area contributed by atoms with E-state index in [1.807, 2.05) is 54.6 Å². The first-order valence-corrected chi connectivity index (χ1v) is 7.97. The molecule has 5 rings (SSSR count). The maximum atomic E-state index is 11.4. The molecule has 0 aliphatic carbocycles. The Balaban J connectivity index is 2.18. The summed E-state index contributed by atoms with van der Waals surface area (Å²) in [5, 5.41) is 19.7. The molecule has 0 saturated carbocycles. The van der Waals surface area contributed by atoms with Crippen molar-refractivity contribution in [3.05, 3.63) is 75.8 Å². The van der Waals surface area contributed by atoms with Gasteiger partial charge < -0.3 is 0 Å². The zero-order valence-corrected chi connectivity index (χ0v) is 13.2. The molecule has 0 saturated heterocycles. The van der Waals surface area contributed by atoms with Crippen LogP contribution in [0.4, 0.5) is 5.69 Å². The van der Waals surface area contributed by atoms with E-state index in [-0.39, 0.29) is 10.6 Å². The van der Waals surface area contributed by atoms with Gasteiger partial charge in [-0.1, -0.05) is 54.1 Å². The summed E-state index contributed by atoms with van der Waals surface area (Å²) in [6.07, 6.45) is 0. The number of nitro benzene ring substituents is 1. The first-order valence-electron chi connectivity index (χ1n) is 7.59. The van der Waals surface area contributed by atoms with Gasteiger partial charge in [0.2, 0.25) is 0 Å². The lowest BCUT2D eigenvalue weighted by atomic mass is 9.90. The topological polar surface area (TPSA) is 43.1 Å². The van der Waals surface area contributed by atoms with Gasteiger partial charge in [0.25, 0.3) is 5.69 Å². The Morgan fingerprint density at radius 2 is 1.38 bits per heavy atom. The molecule has 0 bridgehead atoms. The van der Waals surface area contributed by atoms with Crippen molar-refractivity contribution in [2.24, 2.45) is 0 Å². The minimum atomic E-state index is -0.328. The summed E-state index contributed by atoms with van der Waals surface area (Å²) in [7, 11) is 0. The molecular weight excluding hydrogens is 322 g/mol. The van der Waals surface area contributed by atoms with Gasteiger partial charge in [0.1, 0.15) is 0 Å². The highest BCUT2D eigenvalue weighted by molar-refractivity contribution is 6.45. The van der Waals surface area contributed by atoms with Gasteiger partial charge >= 0.3 is 0 Å². The van der Waals surface area contributed by atoms with Crippen LogP contribution in [-0.2, 0) is 0 Å².